The van der Waals surface area contributed by atoms with Crippen LogP contribution in [0.2, 0.25) is 0 Å². The molecule has 2 aromatic rings. The highest BCUT2D eigenvalue weighted by molar-refractivity contribution is 5.68. The predicted octanol–water partition coefficient (Wildman–Crippen LogP) is -0.465. The fraction of sp³-hybridized carbons (Fsp3) is 0. The van der Waals surface area contributed by atoms with Crippen molar-refractivity contribution in [1.29, 1.82) is 0 Å². The van der Waals surface area contributed by atoms with Gasteiger partial charge in [-0.25, -0.2) is 0 Å². The maximum atomic E-state index is 11.1. The van der Waals surface area contributed by atoms with Crippen LogP contribution < -0.4 is 9.16 Å². The van der Waals surface area contributed by atoms with Crippen LogP contribution in [0.15, 0.2) is 30.9 Å². The molecule has 2 rings (SSSR count). The summed E-state index contributed by atoms with van der Waals surface area (Å²) < 4.78 is 1.47. The lowest BCUT2D eigenvalue weighted by Crippen LogP contribution is -2.27. The zero-order chi connectivity index (χ0) is 9.42. The van der Waals surface area contributed by atoms with Crippen molar-refractivity contribution in [2.45, 2.75) is 0 Å². The van der Waals surface area contributed by atoms with Gasteiger partial charge in [0.25, 0.3) is 5.52 Å². The summed E-state index contributed by atoms with van der Waals surface area (Å²) in [6.45, 7) is 0. The van der Waals surface area contributed by atoms with Crippen LogP contribution in [0.5, 0.6) is 0 Å². The molecule has 0 radical (unpaired) electrons. The van der Waals surface area contributed by atoms with Crippen LogP contribution in [0, 0.1) is 15.3 Å². The van der Waals surface area contributed by atoms with E-state index in [1.54, 1.807) is 0 Å². The maximum absolute atomic E-state index is 11.1. The molecular weight excluding hydrogens is 174 g/mol. The van der Waals surface area contributed by atoms with Crippen LogP contribution in [0.25, 0.3) is 11.0 Å². The van der Waals surface area contributed by atoms with E-state index in [4.69, 9.17) is 0 Å². The highest BCUT2D eigenvalue weighted by Crippen LogP contribution is 2.03. The molecule has 0 aliphatic rings. The van der Waals surface area contributed by atoms with Crippen LogP contribution in [-0.4, -0.2) is 4.73 Å². The summed E-state index contributed by atoms with van der Waals surface area (Å²) in [5.41, 5.74) is 0.222. The van der Waals surface area contributed by atoms with Gasteiger partial charge in [0.05, 0.1) is 16.7 Å². The lowest BCUT2D eigenvalue weighted by Gasteiger charge is -2.08. The third-order valence-electron chi connectivity index (χ3n) is 1.70. The minimum atomic E-state index is 0.0509. The van der Waals surface area contributed by atoms with Crippen molar-refractivity contribution < 1.29 is 9.16 Å². The molecule has 0 N–H and O–H groups in total. The van der Waals surface area contributed by atoms with Crippen molar-refractivity contribution in [3.8, 4) is 0 Å². The van der Waals surface area contributed by atoms with Gasteiger partial charge in [-0.05, 0) is 0 Å². The van der Waals surface area contributed by atoms with E-state index in [0.29, 0.717) is 13.9 Å². The van der Waals surface area contributed by atoms with Crippen molar-refractivity contribution in [3.63, 3.8) is 0 Å². The Labute approximate surface area is 72.0 Å². The molecule has 0 aliphatic heterocycles. The Bertz CT molecular complexity index is 520. The van der Waals surface area contributed by atoms with Gasteiger partial charge in [0.1, 0.15) is 0 Å². The van der Waals surface area contributed by atoms with Crippen LogP contribution in [0.1, 0.15) is 0 Å². The molecule has 6 nitrogen and oxygen atoms in total. The van der Waals surface area contributed by atoms with Crippen LogP contribution in [-0.2, 0) is 0 Å². The van der Waals surface area contributed by atoms with Gasteiger partial charge in [0.15, 0.2) is 11.7 Å². The topological polar surface area (TPSA) is 77.9 Å². The average molecular weight is 179 g/mol. The summed E-state index contributed by atoms with van der Waals surface area (Å²) in [5, 5.41) is 21.9. The van der Waals surface area contributed by atoms with Crippen molar-refractivity contribution in [3.05, 3.63) is 46.2 Å². The van der Waals surface area contributed by atoms with Gasteiger partial charge in [-0.15, -0.1) is 0 Å². The summed E-state index contributed by atoms with van der Waals surface area (Å²) in [6, 6.07) is 1.30. The summed E-state index contributed by atoms with van der Waals surface area (Å²) >= 11 is 0. The van der Waals surface area contributed by atoms with Gasteiger partial charge in [-0.3, -0.25) is 0 Å². The lowest BCUT2D eigenvalue weighted by atomic mass is 10.4. The standard InChI is InChI=1S/C7H5N3O3/c11-8-2-1-6-7(5-8)10(13)4-3-9(6)12/h1-5H. The zero-order valence-electron chi connectivity index (χ0n) is 6.45. The minimum absolute atomic E-state index is 0.0509. The highest BCUT2D eigenvalue weighted by atomic mass is 16.5. The molecule has 0 atom stereocenters. The number of pyridine rings is 1. The Balaban J connectivity index is 3.01. The average Bonchev–Trinajstić information content (AvgIpc) is 2.12. The second kappa shape index (κ2) is 2.44. The molecule has 0 saturated carbocycles. The van der Waals surface area contributed by atoms with Gasteiger partial charge in [0, 0.05) is 4.91 Å². The Morgan fingerprint density at radius 1 is 1.38 bits per heavy atom. The summed E-state index contributed by atoms with van der Waals surface area (Å²) in [6.07, 6.45) is 4.35. The van der Waals surface area contributed by atoms with Crippen molar-refractivity contribution in [1.82, 2.24) is 4.73 Å². The number of rotatable bonds is 0. The van der Waals surface area contributed by atoms with Crippen molar-refractivity contribution in [2.24, 2.45) is 0 Å². The lowest BCUT2D eigenvalue weighted by molar-refractivity contribution is -0.604. The number of hydrogen-bond acceptors (Lipinski definition) is 3. The van der Waals surface area contributed by atoms with Crippen LogP contribution in [0.3, 0.4) is 0 Å². The Morgan fingerprint density at radius 3 is 2.92 bits per heavy atom. The van der Waals surface area contributed by atoms with Crippen LogP contribution >= 0.6 is 0 Å². The Kier molecular flexibility index (Phi) is 1.42. The maximum Gasteiger partial charge on any atom is 0.298 e. The third-order valence-corrected chi connectivity index (χ3v) is 1.70. The molecule has 0 aliphatic carbocycles. The quantitative estimate of drug-likeness (QED) is 0.405. The number of aromatic nitrogens is 3. The fourth-order valence-electron chi connectivity index (χ4n) is 1.10. The smallest absolute Gasteiger partial charge is 0.298 e. The fourth-order valence-corrected chi connectivity index (χ4v) is 1.10. The van der Waals surface area contributed by atoms with E-state index < -0.39 is 0 Å². The summed E-state index contributed by atoms with van der Waals surface area (Å²) in [7, 11) is 0. The normalized spacial score (nSPS) is 10.5. The third kappa shape index (κ3) is 1.08. The molecular formula is C7H5N3O3. The first kappa shape index (κ1) is 7.53. The minimum Gasteiger partial charge on any atom is -0.805 e. The van der Waals surface area contributed by atoms with E-state index >= 15 is 0 Å². The van der Waals surface area contributed by atoms with Gasteiger partial charge >= 0.3 is 0 Å². The Morgan fingerprint density at radius 2 is 2.15 bits per heavy atom. The van der Waals surface area contributed by atoms with Crippen LogP contribution in [0.4, 0.5) is 0 Å². The molecule has 66 valence electrons. The first-order valence-corrected chi connectivity index (χ1v) is 3.52. The van der Waals surface area contributed by atoms with Gasteiger partial charge in [-0.1, -0.05) is 0 Å². The largest absolute Gasteiger partial charge is 0.805 e. The molecule has 2 heterocycles. The Hall–Kier alpha value is -2.11. The van der Waals surface area contributed by atoms with Gasteiger partial charge in [0.2, 0.25) is 12.4 Å². The second-order valence-corrected chi connectivity index (χ2v) is 2.52. The van der Waals surface area contributed by atoms with Gasteiger partial charge in [-0.2, -0.15) is 4.73 Å². The van der Waals surface area contributed by atoms with Gasteiger partial charge < -0.3 is 15.1 Å². The highest BCUT2D eigenvalue weighted by Gasteiger charge is 2.09. The van der Waals surface area contributed by atoms with E-state index in [-0.39, 0.29) is 11.0 Å². The van der Waals surface area contributed by atoms with E-state index in [9.17, 15) is 15.3 Å². The first-order chi connectivity index (χ1) is 6.18. The molecule has 0 amide bonds. The molecule has 13 heavy (non-hydrogen) atoms. The van der Waals surface area contributed by atoms with E-state index in [2.05, 4.69) is 0 Å². The monoisotopic (exact) mass is 179 g/mol. The number of nitrogens with zero attached hydrogens (tertiary/aromatic N) is 3. The number of hydrogen-bond donors (Lipinski definition) is 0. The molecule has 0 saturated heterocycles. The zero-order valence-corrected chi connectivity index (χ0v) is 6.45. The molecule has 2 aromatic heterocycles. The summed E-state index contributed by atoms with van der Waals surface area (Å²) in [4.78, 5) is 11.1. The molecule has 0 aromatic carbocycles. The first-order valence-electron chi connectivity index (χ1n) is 3.52. The van der Waals surface area contributed by atoms with E-state index in [1.165, 1.54) is 6.07 Å². The SMILES string of the molecule is O=[n+]1ccn([O-])c2c[n+]([O-])ccc21. The van der Waals surface area contributed by atoms with Crippen molar-refractivity contribution in [2.75, 3.05) is 0 Å². The number of fused-ring (bicyclic) bond motifs is 1. The molecule has 0 spiro atoms. The van der Waals surface area contributed by atoms with E-state index in [0.717, 1.165) is 24.8 Å². The predicted molar refractivity (Wildman–Crippen MR) is 43.0 cm³/mol. The molecule has 6 heteroatoms. The van der Waals surface area contributed by atoms with Crippen molar-refractivity contribution >= 4 is 11.0 Å². The second-order valence-electron chi connectivity index (χ2n) is 2.52. The summed E-state index contributed by atoms with van der Waals surface area (Å²) in [5.74, 6) is 0. The molecule has 0 unspecified atom stereocenters. The molecule has 0 fully saturated rings. The van der Waals surface area contributed by atoms with E-state index in [1.807, 2.05) is 0 Å². The molecule has 0 bridgehead atoms.